The molecule has 5 heterocycles. The standard InChI is InChI=1S/C81H106N8O24S2/c1-6-77(109)40-47-41-80(75(107)112-5,54-35-48-17-11-12-18-52(48)53(54)24-29-88(43-47)45-77)56-37-55-60(39-62(56)111-4)87(3)72-79(55)26-30-89-28-14-25-78(7-2,71(79)89)73(105)81(72,110)74(106)83-42-66(97)113-31-32-114-115-44-59(70(103)104)85-67(98)50(33-46-15-9-8-10-16-46)36-61(91)58(38-65(95)96)84-63(92)23-20-49(68(99)100)34-51(90)21-22-57(69(101)102)86-76(108)82-27-13-19-64(93)94/h8-12,14-18,25,37,39,47,49-50,53-54,57-59,71-73,105,109-110H,6-7,13,19-24,26-36,38,40-45H2,1-5H3,(H,83,106)(H,84,92)(H,85,98)(H,93,94)(H,95,96)(H,99,100)(H,101,102)(H,103,104)(H2,82,86,108)/t47?,49-,50-,53?,54?,57+,58+,59+,71+,72-,73-,77+,78-,79-,80-,81+/m1/s1. The van der Waals surface area contributed by atoms with E-state index in [1.807, 2.05) is 49.1 Å². The molecule has 3 saturated heterocycles. The normalized spacial score (nSPS) is 27.4. The minimum Gasteiger partial charge on any atom is -0.496 e. The molecule has 4 unspecified atom stereocenters. The van der Waals surface area contributed by atoms with E-state index in [9.17, 15) is 88.5 Å². The molecule has 115 heavy (non-hydrogen) atoms. The number of aliphatic hydroxyl groups is 3. The molecule has 7 aliphatic rings. The average Bonchev–Trinajstić information content (AvgIpc) is 1.49. The van der Waals surface area contributed by atoms with Crippen LogP contribution in [-0.2, 0) is 90.7 Å². The Kier molecular flexibility index (Phi) is 29.0. The van der Waals surface area contributed by atoms with Gasteiger partial charge in [-0.3, -0.25) is 52.8 Å². The number of aliphatic hydroxyl groups excluding tert-OH is 1. The smallest absolute Gasteiger partial charge is 0.327 e. The molecule has 17 atom stereocenters. The van der Waals surface area contributed by atoms with E-state index in [1.54, 1.807) is 44.5 Å². The van der Waals surface area contributed by atoms with E-state index in [0.29, 0.717) is 87.4 Å². The lowest BCUT2D eigenvalue weighted by Crippen LogP contribution is -2.81. The highest BCUT2D eigenvalue weighted by Crippen LogP contribution is 2.68. The van der Waals surface area contributed by atoms with E-state index in [0.717, 1.165) is 39.1 Å². The summed E-state index contributed by atoms with van der Waals surface area (Å²) < 4.78 is 18.1. The van der Waals surface area contributed by atoms with Crippen molar-refractivity contribution >= 4 is 104 Å². The second-order valence-electron chi connectivity index (χ2n) is 31.6. The number of carboxylic acid groups (broad SMARTS) is 5. The van der Waals surface area contributed by atoms with Gasteiger partial charge in [0.2, 0.25) is 11.8 Å². The van der Waals surface area contributed by atoms with Gasteiger partial charge in [-0.1, -0.05) is 102 Å². The largest absolute Gasteiger partial charge is 0.496 e. The van der Waals surface area contributed by atoms with Gasteiger partial charge in [-0.15, -0.1) is 0 Å². The number of amides is 5. The number of esters is 2. The van der Waals surface area contributed by atoms with E-state index >= 15 is 9.59 Å². The first kappa shape index (κ1) is 88.2. The zero-order valence-corrected chi connectivity index (χ0v) is 66.8. The summed E-state index contributed by atoms with van der Waals surface area (Å²) in [6, 6.07) is 13.0. The maximum Gasteiger partial charge on any atom is 0.327 e. The van der Waals surface area contributed by atoms with Crippen molar-refractivity contribution in [1.82, 2.24) is 36.4 Å². The van der Waals surface area contributed by atoms with Crippen LogP contribution in [-0.4, -0.2) is 260 Å². The van der Waals surface area contributed by atoms with Gasteiger partial charge in [0.1, 0.15) is 48.3 Å². The summed E-state index contributed by atoms with van der Waals surface area (Å²) in [5, 5.41) is 99.3. The molecule has 0 radical (unpaired) electrons. The number of ether oxygens (including phenoxy) is 3. The molecule has 13 N–H and O–H groups in total. The lowest BCUT2D eigenvalue weighted by atomic mass is 9.47. The van der Waals surface area contributed by atoms with Gasteiger partial charge in [0.15, 0.2) is 11.4 Å². The Bertz CT molecular complexity index is 4190. The summed E-state index contributed by atoms with van der Waals surface area (Å²) in [6.45, 7) is 5.75. The number of fused-ring (bicyclic) bond motifs is 6. The fourth-order valence-electron chi connectivity index (χ4n) is 19.6. The van der Waals surface area contributed by atoms with Crippen LogP contribution in [0.1, 0.15) is 144 Å². The molecule has 32 nitrogen and oxygen atoms in total. The number of carboxylic acids is 5. The number of hydrogen-bond acceptors (Lipinski definition) is 24. The third-order valence-corrected chi connectivity index (χ3v) is 27.2. The number of nitrogens with zero attached hydrogens (tertiary/aromatic N) is 3. The van der Waals surface area contributed by atoms with Crippen LogP contribution in [0.25, 0.3) is 0 Å². The van der Waals surface area contributed by atoms with Crippen molar-refractivity contribution in [2.45, 2.75) is 187 Å². The number of hydrogen-bond donors (Lipinski definition) is 13. The molecule has 2 bridgehead atoms. The number of carbonyl (C=O) groups excluding carboxylic acids is 8. The van der Waals surface area contributed by atoms with Crippen molar-refractivity contribution < 1.29 is 117 Å². The molecule has 1 saturated carbocycles. The van der Waals surface area contributed by atoms with Crippen LogP contribution >= 0.6 is 21.6 Å². The molecule has 2 aliphatic carbocycles. The van der Waals surface area contributed by atoms with Crippen LogP contribution in [0.5, 0.6) is 5.75 Å². The first-order chi connectivity index (χ1) is 54.7. The molecule has 626 valence electrons. The van der Waals surface area contributed by atoms with Crippen molar-refractivity contribution in [3.63, 3.8) is 0 Å². The molecular formula is C81H106N8O24S2. The number of likely N-dealkylation sites (N-methyl/N-ethyl adjacent to an activating group) is 1. The van der Waals surface area contributed by atoms with Gasteiger partial charge < -0.3 is 91.4 Å². The number of aliphatic carboxylic acids is 5. The first-order valence-electron chi connectivity index (χ1n) is 39.2. The van der Waals surface area contributed by atoms with Crippen molar-refractivity contribution in [2.24, 2.45) is 29.1 Å². The summed E-state index contributed by atoms with van der Waals surface area (Å²) >= 11 is 0. The number of benzene rings is 3. The Morgan fingerprint density at radius 2 is 1.45 bits per heavy atom. The van der Waals surface area contributed by atoms with Gasteiger partial charge in [0.25, 0.3) is 5.91 Å². The second-order valence-corrected chi connectivity index (χ2v) is 34.3. The molecule has 1 spiro atoms. The van der Waals surface area contributed by atoms with Gasteiger partial charge in [-0.2, -0.15) is 0 Å². The summed E-state index contributed by atoms with van der Waals surface area (Å²) in [5.41, 5.74) is -2.47. The number of Topliss-reactive ketones (excluding diaryl/α,β-unsaturated/α-hetero) is 2. The highest BCUT2D eigenvalue weighted by Gasteiger charge is 2.79. The Labute approximate surface area is 673 Å². The molecule has 0 aromatic heterocycles. The SMILES string of the molecule is CC[C@]1(O)CC2CN(CCC3c4ccccc4CC3[C@@](C(=O)OC)(c3cc4c(cc3OC)N(C)[C@H]3[C@@](O)(C(=O)NCC(=O)OCCSSC[C@H](NC(=O)[C@@H](CC(=O)[C@H](CC(=O)O)NC(=O)CC[C@H](CC(=O)CC[C@H](NC(=O)NCCCC(=O)O)C(=O)O)C(=O)O)Cc5ccccc5)C(=O)O)[C@H](O)[C@]5(CC)C=CCN6CC[C@]43[C@@H]65)C2)C1. The summed E-state index contributed by atoms with van der Waals surface area (Å²) in [7, 11) is 6.81. The third kappa shape index (κ3) is 18.9. The van der Waals surface area contributed by atoms with Gasteiger partial charge >= 0.3 is 47.8 Å². The third-order valence-electron chi connectivity index (χ3n) is 24.8. The van der Waals surface area contributed by atoms with E-state index in [-0.39, 0.29) is 68.1 Å². The molecule has 10 rings (SSSR count). The molecule has 5 aliphatic heterocycles. The van der Waals surface area contributed by atoms with Gasteiger partial charge in [0, 0.05) is 117 Å². The monoisotopic (exact) mass is 1640 g/mol. The topological polar surface area (TPSA) is 481 Å². The van der Waals surface area contributed by atoms with Crippen molar-refractivity contribution in [3.05, 3.63) is 107 Å². The Morgan fingerprint density at radius 3 is 2.13 bits per heavy atom. The number of carbonyl (C=O) groups is 13. The predicted octanol–water partition coefficient (Wildman–Crippen LogP) is 3.75. The van der Waals surface area contributed by atoms with E-state index < -0.39 is 204 Å². The van der Waals surface area contributed by atoms with E-state index in [2.05, 4.69) is 54.6 Å². The van der Waals surface area contributed by atoms with Crippen molar-refractivity contribution in [1.29, 1.82) is 0 Å². The zero-order chi connectivity index (χ0) is 83.5. The Hall–Kier alpha value is -9.19. The summed E-state index contributed by atoms with van der Waals surface area (Å²) in [6.07, 6.45) is 0.614. The second kappa shape index (κ2) is 37.8. The first-order valence-corrected chi connectivity index (χ1v) is 41.6. The Balaban J connectivity index is 0.773. The fourth-order valence-corrected chi connectivity index (χ4v) is 21.6. The number of ketones is 2. The Morgan fingerprint density at radius 1 is 0.722 bits per heavy atom. The minimum absolute atomic E-state index is 0.0556. The molecular weight excluding hydrogens is 1530 g/mol. The number of urea groups is 1. The van der Waals surface area contributed by atoms with Crippen LogP contribution in [0.4, 0.5) is 10.5 Å². The van der Waals surface area contributed by atoms with Crippen LogP contribution < -0.4 is 36.2 Å². The van der Waals surface area contributed by atoms with Crippen LogP contribution in [0, 0.1) is 29.1 Å². The van der Waals surface area contributed by atoms with Gasteiger partial charge in [0.05, 0.1) is 44.2 Å². The molecule has 3 aromatic rings. The maximum absolute atomic E-state index is 15.7. The minimum atomic E-state index is -2.62. The van der Waals surface area contributed by atoms with E-state index in [4.69, 9.17) is 19.3 Å². The van der Waals surface area contributed by atoms with Crippen molar-refractivity contribution in [2.75, 3.05) is 90.1 Å². The number of anilines is 1. The molecule has 5 amide bonds. The number of nitrogens with one attached hydrogen (secondary N) is 5. The summed E-state index contributed by atoms with van der Waals surface area (Å²) in [4.78, 5) is 178. The quantitative estimate of drug-likeness (QED) is 0.0167. The van der Waals surface area contributed by atoms with Crippen molar-refractivity contribution in [3.8, 4) is 5.75 Å². The molecule has 4 fully saturated rings. The van der Waals surface area contributed by atoms with Crippen LogP contribution in [0.3, 0.4) is 0 Å². The highest BCUT2D eigenvalue weighted by atomic mass is 33.1. The fraction of sp³-hybridized carbons (Fsp3) is 0.593. The maximum atomic E-state index is 15.7. The number of piperidine rings is 1. The summed E-state index contributed by atoms with van der Waals surface area (Å²) in [5.74, 6) is -16.3. The average molecular weight is 1640 g/mol. The lowest BCUT2D eigenvalue weighted by molar-refractivity contribution is -0.203. The lowest BCUT2D eigenvalue weighted by Gasteiger charge is -2.63. The predicted molar refractivity (Wildman–Crippen MR) is 419 cm³/mol. The zero-order valence-electron chi connectivity index (χ0n) is 65.2. The van der Waals surface area contributed by atoms with Crippen LogP contribution in [0.15, 0.2) is 78.9 Å². The molecule has 34 heteroatoms. The van der Waals surface area contributed by atoms with E-state index in [1.165, 1.54) is 12.7 Å². The van der Waals surface area contributed by atoms with Gasteiger partial charge in [-0.05, 0) is 130 Å². The number of rotatable bonds is 40. The van der Waals surface area contributed by atoms with Crippen LogP contribution in [0.2, 0.25) is 0 Å². The highest BCUT2D eigenvalue weighted by molar-refractivity contribution is 8.76. The molecule has 3 aromatic carbocycles. The van der Waals surface area contributed by atoms with Gasteiger partial charge in [-0.25, -0.2) is 14.4 Å². The number of methoxy groups -OCH3 is 2.